The fourth-order valence-corrected chi connectivity index (χ4v) is 2.94. The smallest absolute Gasteiger partial charge is 0.275 e. The van der Waals surface area contributed by atoms with E-state index in [4.69, 9.17) is 11.6 Å². The highest BCUT2D eigenvalue weighted by atomic mass is 35.5. The third kappa shape index (κ3) is 4.89. The zero-order valence-corrected chi connectivity index (χ0v) is 14.6. The highest BCUT2D eigenvalue weighted by Gasteiger charge is 2.13. The minimum absolute atomic E-state index is 0.176. The van der Waals surface area contributed by atoms with Crippen molar-refractivity contribution >= 4 is 45.6 Å². The first-order valence-electron chi connectivity index (χ1n) is 7.46. The SMILES string of the molecule is O=C(Cc1ccccc1)Nc1nc(C(=O)Nc2ccc(Cl)cc2)cs1. The molecule has 3 rings (SSSR count). The van der Waals surface area contributed by atoms with Crippen molar-refractivity contribution in [2.75, 3.05) is 10.6 Å². The lowest BCUT2D eigenvalue weighted by atomic mass is 10.1. The number of hydrogen-bond acceptors (Lipinski definition) is 4. The molecule has 25 heavy (non-hydrogen) atoms. The van der Waals surface area contributed by atoms with Gasteiger partial charge in [-0.15, -0.1) is 11.3 Å². The van der Waals surface area contributed by atoms with E-state index >= 15 is 0 Å². The van der Waals surface area contributed by atoms with Crippen LogP contribution in [0.15, 0.2) is 60.0 Å². The van der Waals surface area contributed by atoms with Crippen LogP contribution < -0.4 is 10.6 Å². The number of hydrogen-bond donors (Lipinski definition) is 2. The molecule has 0 unspecified atom stereocenters. The summed E-state index contributed by atoms with van der Waals surface area (Å²) in [4.78, 5) is 28.4. The summed E-state index contributed by atoms with van der Waals surface area (Å²) in [5, 5.41) is 8.02. The number of nitrogens with zero attached hydrogens (tertiary/aromatic N) is 1. The number of carbonyl (C=O) groups is 2. The Labute approximate surface area is 153 Å². The van der Waals surface area contributed by atoms with E-state index in [1.165, 1.54) is 11.3 Å². The molecule has 5 nitrogen and oxygen atoms in total. The Balaban J connectivity index is 1.59. The molecule has 0 saturated carbocycles. The first kappa shape index (κ1) is 17.1. The number of benzene rings is 2. The van der Waals surface area contributed by atoms with E-state index in [2.05, 4.69) is 15.6 Å². The molecule has 2 amide bonds. The first-order valence-corrected chi connectivity index (χ1v) is 8.72. The third-order valence-corrected chi connectivity index (χ3v) is 4.30. The van der Waals surface area contributed by atoms with Crippen molar-refractivity contribution in [3.05, 3.63) is 76.3 Å². The van der Waals surface area contributed by atoms with Gasteiger partial charge in [0.1, 0.15) is 5.69 Å². The third-order valence-electron chi connectivity index (χ3n) is 3.29. The largest absolute Gasteiger partial charge is 0.321 e. The van der Waals surface area contributed by atoms with E-state index in [0.717, 1.165) is 5.56 Å². The molecule has 0 spiro atoms. The van der Waals surface area contributed by atoms with Gasteiger partial charge in [-0.2, -0.15) is 0 Å². The number of amides is 2. The fourth-order valence-electron chi connectivity index (χ4n) is 2.11. The van der Waals surface area contributed by atoms with Crippen LogP contribution in [-0.2, 0) is 11.2 Å². The summed E-state index contributed by atoms with van der Waals surface area (Å²) in [6, 6.07) is 16.2. The number of halogens is 1. The minimum atomic E-state index is -0.345. The normalized spacial score (nSPS) is 10.3. The van der Waals surface area contributed by atoms with Gasteiger partial charge in [-0.3, -0.25) is 9.59 Å². The number of rotatable bonds is 5. The average molecular weight is 372 g/mol. The van der Waals surface area contributed by atoms with Crippen LogP contribution in [0.1, 0.15) is 16.1 Å². The quantitative estimate of drug-likeness (QED) is 0.705. The van der Waals surface area contributed by atoms with E-state index in [0.29, 0.717) is 15.8 Å². The van der Waals surface area contributed by atoms with Gasteiger partial charge in [-0.1, -0.05) is 41.9 Å². The van der Waals surface area contributed by atoms with Gasteiger partial charge in [0, 0.05) is 16.1 Å². The molecule has 0 fully saturated rings. The van der Waals surface area contributed by atoms with Crippen LogP contribution in [0.5, 0.6) is 0 Å². The van der Waals surface area contributed by atoms with Gasteiger partial charge < -0.3 is 10.6 Å². The summed E-state index contributed by atoms with van der Waals surface area (Å²) < 4.78 is 0. The lowest BCUT2D eigenvalue weighted by Gasteiger charge is -2.03. The molecule has 1 heterocycles. The Kier molecular flexibility index (Phi) is 5.42. The molecule has 0 atom stereocenters. The number of anilines is 2. The molecule has 2 aromatic carbocycles. The van der Waals surface area contributed by atoms with Crippen LogP contribution in [0.3, 0.4) is 0 Å². The molecule has 0 aliphatic rings. The predicted molar refractivity (Wildman–Crippen MR) is 100 cm³/mol. The Morgan fingerprint density at radius 1 is 1.00 bits per heavy atom. The topological polar surface area (TPSA) is 71.1 Å². The summed E-state index contributed by atoms with van der Waals surface area (Å²) in [7, 11) is 0. The molecule has 0 radical (unpaired) electrons. The molecular formula is C18H14ClN3O2S. The molecule has 0 aliphatic heterocycles. The maximum Gasteiger partial charge on any atom is 0.275 e. The van der Waals surface area contributed by atoms with Crippen molar-refractivity contribution in [1.29, 1.82) is 0 Å². The van der Waals surface area contributed by atoms with Gasteiger partial charge in [0.2, 0.25) is 5.91 Å². The Morgan fingerprint density at radius 3 is 2.44 bits per heavy atom. The number of aromatic nitrogens is 1. The molecule has 126 valence electrons. The van der Waals surface area contributed by atoms with Gasteiger partial charge in [0.15, 0.2) is 5.13 Å². The van der Waals surface area contributed by atoms with Crippen molar-refractivity contribution in [2.45, 2.75) is 6.42 Å². The molecule has 0 aliphatic carbocycles. The second-order valence-electron chi connectivity index (χ2n) is 5.21. The Bertz CT molecular complexity index is 879. The van der Waals surface area contributed by atoms with E-state index in [9.17, 15) is 9.59 Å². The Hall–Kier alpha value is -2.70. The highest BCUT2D eigenvalue weighted by Crippen LogP contribution is 2.18. The zero-order valence-electron chi connectivity index (χ0n) is 13.0. The standard InChI is InChI=1S/C18H14ClN3O2S/c19-13-6-8-14(9-7-13)20-17(24)15-11-25-18(21-15)22-16(23)10-12-4-2-1-3-5-12/h1-9,11H,10H2,(H,20,24)(H,21,22,23). The van der Waals surface area contributed by atoms with E-state index < -0.39 is 0 Å². The summed E-state index contributed by atoms with van der Waals surface area (Å²) in [5.41, 5.74) is 1.78. The molecule has 7 heteroatoms. The summed E-state index contributed by atoms with van der Waals surface area (Å²) >= 11 is 7.02. The first-order chi connectivity index (χ1) is 12.1. The van der Waals surface area contributed by atoms with Crippen molar-refractivity contribution < 1.29 is 9.59 Å². The number of carbonyl (C=O) groups excluding carboxylic acids is 2. The summed E-state index contributed by atoms with van der Waals surface area (Å²) in [6.07, 6.45) is 0.257. The molecule has 0 saturated heterocycles. The molecule has 2 N–H and O–H groups in total. The minimum Gasteiger partial charge on any atom is -0.321 e. The second kappa shape index (κ2) is 7.92. The van der Waals surface area contributed by atoms with E-state index in [1.807, 2.05) is 30.3 Å². The van der Waals surface area contributed by atoms with Crippen LogP contribution in [0.25, 0.3) is 0 Å². The maximum atomic E-state index is 12.2. The van der Waals surface area contributed by atoms with Crippen LogP contribution in [-0.4, -0.2) is 16.8 Å². The number of thiazole rings is 1. The van der Waals surface area contributed by atoms with Crippen molar-refractivity contribution in [2.24, 2.45) is 0 Å². The van der Waals surface area contributed by atoms with Gasteiger partial charge in [-0.25, -0.2) is 4.98 Å². The van der Waals surface area contributed by atoms with Gasteiger partial charge in [0.05, 0.1) is 6.42 Å². The molecule has 0 bridgehead atoms. The highest BCUT2D eigenvalue weighted by molar-refractivity contribution is 7.14. The monoisotopic (exact) mass is 371 g/mol. The summed E-state index contributed by atoms with van der Waals surface area (Å²) in [5.74, 6) is -0.521. The van der Waals surface area contributed by atoms with Crippen molar-refractivity contribution in [1.82, 2.24) is 4.98 Å². The predicted octanol–water partition coefficient (Wildman–Crippen LogP) is 4.23. The summed E-state index contributed by atoms with van der Waals surface area (Å²) in [6.45, 7) is 0. The lowest BCUT2D eigenvalue weighted by Crippen LogP contribution is -2.15. The molecule has 1 aromatic heterocycles. The van der Waals surface area contributed by atoms with Crippen LogP contribution in [0, 0.1) is 0 Å². The van der Waals surface area contributed by atoms with Crippen molar-refractivity contribution in [3.63, 3.8) is 0 Å². The van der Waals surface area contributed by atoms with Crippen LogP contribution in [0.4, 0.5) is 10.8 Å². The molecular weight excluding hydrogens is 358 g/mol. The number of nitrogens with one attached hydrogen (secondary N) is 2. The van der Waals surface area contributed by atoms with E-state index in [-0.39, 0.29) is 23.9 Å². The Morgan fingerprint density at radius 2 is 1.72 bits per heavy atom. The average Bonchev–Trinajstić information content (AvgIpc) is 3.06. The second-order valence-corrected chi connectivity index (χ2v) is 6.50. The van der Waals surface area contributed by atoms with Crippen LogP contribution in [0.2, 0.25) is 5.02 Å². The maximum absolute atomic E-state index is 12.2. The van der Waals surface area contributed by atoms with Gasteiger partial charge in [0.25, 0.3) is 5.91 Å². The van der Waals surface area contributed by atoms with Crippen LogP contribution >= 0.6 is 22.9 Å². The zero-order chi connectivity index (χ0) is 17.6. The lowest BCUT2D eigenvalue weighted by molar-refractivity contribution is -0.115. The van der Waals surface area contributed by atoms with Gasteiger partial charge >= 0.3 is 0 Å². The van der Waals surface area contributed by atoms with Gasteiger partial charge in [-0.05, 0) is 29.8 Å². The van der Waals surface area contributed by atoms with Crippen molar-refractivity contribution in [3.8, 4) is 0 Å². The fraction of sp³-hybridized carbons (Fsp3) is 0.0556. The molecule has 3 aromatic rings. The van der Waals surface area contributed by atoms with E-state index in [1.54, 1.807) is 29.6 Å².